The lowest BCUT2D eigenvalue weighted by atomic mass is 9.73. The highest BCUT2D eigenvalue weighted by molar-refractivity contribution is 7.90. The Hall–Kier alpha value is -3.37. The Kier molecular flexibility index (Phi) is 8.62. The Bertz CT molecular complexity index is 1690. The number of fused-ring (bicyclic) bond motifs is 7. The van der Waals surface area contributed by atoms with E-state index in [2.05, 4.69) is 44.7 Å². The molecule has 7 rings (SSSR count). The number of nitrogens with zero attached hydrogens (tertiary/aromatic N) is 3. The summed E-state index contributed by atoms with van der Waals surface area (Å²) in [5.41, 5.74) is 5.32. The molecule has 4 heterocycles. The lowest BCUT2D eigenvalue weighted by molar-refractivity contribution is -0.132. The molecule has 5 atom stereocenters. The first-order valence-corrected chi connectivity index (χ1v) is 19.0. The molecule has 2 aromatic carbocycles. The fourth-order valence-electron chi connectivity index (χ4n) is 9.02. The highest BCUT2D eigenvalue weighted by atomic mass is 32.2. The molecule has 0 radical (unpaired) electrons. The van der Waals surface area contributed by atoms with Crippen LogP contribution in [0.25, 0.3) is 6.08 Å². The number of amides is 2. The summed E-state index contributed by atoms with van der Waals surface area (Å²) >= 11 is 0. The van der Waals surface area contributed by atoms with E-state index in [0.717, 1.165) is 66.9 Å². The van der Waals surface area contributed by atoms with Crippen LogP contribution in [0.4, 0.5) is 5.69 Å². The number of carbonyl (C=O) groups excluding carboxylic acids is 2. The van der Waals surface area contributed by atoms with Crippen LogP contribution >= 0.6 is 0 Å². The third kappa shape index (κ3) is 5.75. The minimum Gasteiger partial charge on any atom is -0.497 e. The van der Waals surface area contributed by atoms with Gasteiger partial charge in [0.25, 0.3) is 11.8 Å². The Morgan fingerprint density at radius 2 is 1.68 bits per heavy atom. The summed E-state index contributed by atoms with van der Waals surface area (Å²) in [6, 6.07) is 12.3. The molecule has 2 amide bonds. The number of hydrogen-bond donors (Lipinski definition) is 1. The lowest BCUT2D eigenvalue weighted by Crippen LogP contribution is -2.55. The molecule has 252 valence electrons. The summed E-state index contributed by atoms with van der Waals surface area (Å²) in [5.74, 6) is 0.874. The molecular weight excluding hydrogens is 612 g/mol. The van der Waals surface area contributed by atoms with Crippen LogP contribution in [0, 0.1) is 5.92 Å². The van der Waals surface area contributed by atoms with Crippen LogP contribution in [-0.2, 0) is 14.8 Å². The number of likely N-dealkylation sites (tertiary alicyclic amines) is 1. The van der Waals surface area contributed by atoms with Crippen LogP contribution in [0.2, 0.25) is 0 Å². The minimum absolute atomic E-state index is 0.0260. The molecule has 2 saturated heterocycles. The van der Waals surface area contributed by atoms with Gasteiger partial charge in [-0.3, -0.25) is 9.59 Å². The SMILES string of the molecule is CCC(C)S(=O)(=O)NC(=O)c1ccc2c(c1)N1CC(C(=O)N3C4CCC3CN(C)C4)=Cc3cc(OC)ccc3C1C2C1CCCCC1. The summed E-state index contributed by atoms with van der Waals surface area (Å²) in [4.78, 5) is 34.9. The fraction of sp³-hybridized carbons (Fsp3) is 0.568. The van der Waals surface area contributed by atoms with E-state index in [1.807, 2.05) is 18.2 Å². The second kappa shape index (κ2) is 12.6. The van der Waals surface area contributed by atoms with Gasteiger partial charge in [0, 0.05) is 54.5 Å². The van der Waals surface area contributed by atoms with Crippen molar-refractivity contribution >= 4 is 33.6 Å². The lowest BCUT2D eigenvalue weighted by Gasteiger charge is -2.40. The van der Waals surface area contributed by atoms with Gasteiger partial charge in [-0.15, -0.1) is 0 Å². The van der Waals surface area contributed by atoms with Crippen LogP contribution in [-0.4, -0.2) is 81.2 Å². The van der Waals surface area contributed by atoms with Gasteiger partial charge < -0.3 is 19.4 Å². The van der Waals surface area contributed by atoms with E-state index in [0.29, 0.717) is 24.4 Å². The first-order valence-electron chi connectivity index (χ1n) is 17.5. The molecule has 4 aliphatic heterocycles. The second-order valence-corrected chi connectivity index (χ2v) is 16.5. The molecule has 10 heteroatoms. The predicted molar refractivity (Wildman–Crippen MR) is 184 cm³/mol. The van der Waals surface area contributed by atoms with Crippen molar-refractivity contribution in [2.45, 2.75) is 94.5 Å². The van der Waals surface area contributed by atoms with E-state index in [9.17, 15) is 18.0 Å². The molecule has 1 saturated carbocycles. The fourth-order valence-corrected chi connectivity index (χ4v) is 10.0. The van der Waals surface area contributed by atoms with Crippen molar-refractivity contribution in [2.24, 2.45) is 5.92 Å². The van der Waals surface area contributed by atoms with Crippen molar-refractivity contribution in [3.8, 4) is 5.75 Å². The van der Waals surface area contributed by atoms with Crippen molar-refractivity contribution in [1.29, 1.82) is 0 Å². The number of benzene rings is 2. The number of carbonyl (C=O) groups is 2. The minimum atomic E-state index is -3.80. The summed E-state index contributed by atoms with van der Waals surface area (Å²) in [7, 11) is 0.00761. The molecule has 47 heavy (non-hydrogen) atoms. The molecule has 3 fully saturated rings. The smallest absolute Gasteiger partial charge is 0.264 e. The standard InChI is InChI=1S/C37H48N4O5S/c1-5-23(2)47(44,45)38-36(42)25-11-15-32-33(19-25)40-20-27(37(43)41-28-12-13-29(41)22-39(3)21-28)17-26-18-30(46-4)14-16-31(26)35(40)34(32)24-9-7-6-8-10-24/h11,14-19,23-24,28-29,34-35H,5-10,12-13,20-22H2,1-4H3,(H,38,42). The topological polar surface area (TPSA) is 99.3 Å². The van der Waals surface area contributed by atoms with E-state index < -0.39 is 21.2 Å². The molecule has 0 aromatic heterocycles. The van der Waals surface area contributed by atoms with Gasteiger partial charge in [-0.2, -0.15) is 0 Å². The molecule has 2 aromatic rings. The number of rotatable bonds is 7. The van der Waals surface area contributed by atoms with Crippen molar-refractivity contribution in [3.05, 3.63) is 64.2 Å². The number of anilines is 1. The Morgan fingerprint density at radius 3 is 2.36 bits per heavy atom. The van der Waals surface area contributed by atoms with Crippen molar-refractivity contribution in [1.82, 2.24) is 14.5 Å². The maximum atomic E-state index is 14.6. The van der Waals surface area contributed by atoms with Crippen LogP contribution < -0.4 is 14.4 Å². The van der Waals surface area contributed by atoms with Crippen molar-refractivity contribution in [3.63, 3.8) is 0 Å². The van der Waals surface area contributed by atoms with Crippen LogP contribution in [0.5, 0.6) is 5.75 Å². The molecule has 5 aliphatic rings. The zero-order valence-electron chi connectivity index (χ0n) is 28.1. The molecule has 9 nitrogen and oxygen atoms in total. The summed E-state index contributed by atoms with van der Waals surface area (Å²) in [6.45, 7) is 5.59. The van der Waals surface area contributed by atoms with Gasteiger partial charge in [0.15, 0.2) is 0 Å². The Labute approximate surface area is 279 Å². The number of ether oxygens (including phenoxy) is 1. The van der Waals surface area contributed by atoms with Gasteiger partial charge in [-0.25, -0.2) is 13.1 Å². The highest BCUT2D eigenvalue weighted by Crippen LogP contribution is 2.57. The number of sulfonamides is 1. The third-order valence-corrected chi connectivity index (χ3v) is 13.5. The summed E-state index contributed by atoms with van der Waals surface area (Å²) in [5, 5.41) is -0.677. The molecule has 5 unspecified atom stereocenters. The number of methoxy groups -OCH3 is 1. The molecule has 1 aliphatic carbocycles. The average Bonchev–Trinajstić information content (AvgIpc) is 3.46. The number of nitrogens with one attached hydrogen (secondary N) is 1. The molecular formula is C37H48N4O5S. The van der Waals surface area contributed by atoms with E-state index in [1.165, 1.54) is 24.8 Å². The maximum Gasteiger partial charge on any atom is 0.264 e. The number of hydrogen-bond acceptors (Lipinski definition) is 7. The number of likely N-dealkylation sites (N-methyl/N-ethyl adjacent to an activating group) is 1. The monoisotopic (exact) mass is 660 g/mol. The summed E-state index contributed by atoms with van der Waals surface area (Å²) < 4.78 is 33.7. The number of piperazine rings is 1. The Morgan fingerprint density at radius 1 is 0.979 bits per heavy atom. The quantitative estimate of drug-likeness (QED) is 0.420. The van der Waals surface area contributed by atoms with Gasteiger partial charge in [-0.05, 0) is 99.0 Å². The van der Waals surface area contributed by atoms with Crippen molar-refractivity contribution < 1.29 is 22.7 Å². The molecule has 2 bridgehead atoms. The van der Waals surface area contributed by atoms with E-state index >= 15 is 0 Å². The van der Waals surface area contributed by atoms with E-state index in [-0.39, 0.29) is 30.0 Å². The van der Waals surface area contributed by atoms with Crippen LogP contribution in [0.1, 0.15) is 104 Å². The zero-order chi connectivity index (χ0) is 33.0. The van der Waals surface area contributed by atoms with Gasteiger partial charge in [-0.1, -0.05) is 38.3 Å². The summed E-state index contributed by atoms with van der Waals surface area (Å²) in [6.07, 6.45) is 10.5. The van der Waals surface area contributed by atoms with Crippen molar-refractivity contribution in [2.75, 3.05) is 38.7 Å². The zero-order valence-corrected chi connectivity index (χ0v) is 28.9. The predicted octanol–water partition coefficient (Wildman–Crippen LogP) is 5.48. The van der Waals surface area contributed by atoms with Gasteiger partial charge in [0.05, 0.1) is 18.4 Å². The first-order chi connectivity index (χ1) is 22.6. The van der Waals surface area contributed by atoms with Gasteiger partial charge in [0.1, 0.15) is 5.75 Å². The maximum absolute atomic E-state index is 14.6. The van der Waals surface area contributed by atoms with Gasteiger partial charge >= 0.3 is 0 Å². The Balaban J connectivity index is 1.33. The largest absolute Gasteiger partial charge is 0.497 e. The van der Waals surface area contributed by atoms with Gasteiger partial charge in [0.2, 0.25) is 10.0 Å². The van der Waals surface area contributed by atoms with E-state index in [4.69, 9.17) is 4.74 Å². The van der Waals surface area contributed by atoms with E-state index in [1.54, 1.807) is 27.0 Å². The third-order valence-electron chi connectivity index (χ3n) is 11.6. The molecule has 1 N–H and O–H groups in total. The first kappa shape index (κ1) is 32.2. The van der Waals surface area contributed by atoms with Crippen LogP contribution in [0.3, 0.4) is 0 Å². The average molecular weight is 661 g/mol. The van der Waals surface area contributed by atoms with Crippen LogP contribution in [0.15, 0.2) is 42.0 Å². The highest BCUT2D eigenvalue weighted by Gasteiger charge is 2.48. The normalized spacial score (nSPS) is 26.5. The molecule has 0 spiro atoms. The second-order valence-electron chi connectivity index (χ2n) is 14.4.